The molecule has 0 spiro atoms. The molecular formula is C14H10O3. The first-order valence-corrected chi connectivity index (χ1v) is 5.11. The number of carboxylic acids is 1. The van der Waals surface area contributed by atoms with Gasteiger partial charge in [-0.15, -0.1) is 0 Å². The minimum absolute atomic E-state index is 0.196. The summed E-state index contributed by atoms with van der Waals surface area (Å²) < 4.78 is 0. The summed E-state index contributed by atoms with van der Waals surface area (Å²) in [5.41, 5.74) is 1.88. The van der Waals surface area contributed by atoms with Crippen LogP contribution >= 0.6 is 0 Å². The number of aldehydes is 1. The fourth-order valence-corrected chi connectivity index (χ4v) is 1.75. The van der Waals surface area contributed by atoms with E-state index < -0.39 is 5.97 Å². The lowest BCUT2D eigenvalue weighted by atomic mass is 9.96. The highest BCUT2D eigenvalue weighted by atomic mass is 16.4. The highest BCUT2D eigenvalue weighted by Gasteiger charge is 2.12. The largest absolute Gasteiger partial charge is 0.478 e. The Morgan fingerprint density at radius 1 is 0.941 bits per heavy atom. The van der Waals surface area contributed by atoms with Crippen LogP contribution in [0.4, 0.5) is 0 Å². The number of aromatic carboxylic acids is 1. The molecule has 0 atom stereocenters. The van der Waals surface area contributed by atoms with Gasteiger partial charge in [-0.25, -0.2) is 4.79 Å². The Morgan fingerprint density at radius 2 is 1.53 bits per heavy atom. The summed E-state index contributed by atoms with van der Waals surface area (Å²) in [5, 5.41) is 9.10. The number of carbonyl (C=O) groups excluding carboxylic acids is 1. The van der Waals surface area contributed by atoms with Gasteiger partial charge in [-0.1, -0.05) is 42.5 Å². The minimum Gasteiger partial charge on any atom is -0.478 e. The van der Waals surface area contributed by atoms with Crippen molar-refractivity contribution < 1.29 is 14.7 Å². The highest BCUT2D eigenvalue weighted by molar-refractivity contribution is 5.99. The molecular weight excluding hydrogens is 216 g/mol. The predicted octanol–water partition coefficient (Wildman–Crippen LogP) is 2.86. The molecule has 2 aromatic rings. The summed E-state index contributed by atoms with van der Waals surface area (Å²) in [4.78, 5) is 22.0. The number of carbonyl (C=O) groups is 2. The van der Waals surface area contributed by atoms with Crippen molar-refractivity contribution in [2.24, 2.45) is 0 Å². The average molecular weight is 226 g/mol. The van der Waals surface area contributed by atoms with Crippen LogP contribution in [0.5, 0.6) is 0 Å². The lowest BCUT2D eigenvalue weighted by Gasteiger charge is -2.07. The van der Waals surface area contributed by atoms with E-state index in [1.165, 1.54) is 6.07 Å². The molecule has 0 bridgehead atoms. The van der Waals surface area contributed by atoms with Gasteiger partial charge < -0.3 is 5.11 Å². The molecule has 0 aliphatic carbocycles. The lowest BCUT2D eigenvalue weighted by molar-refractivity contribution is 0.0697. The molecule has 2 aromatic carbocycles. The number of rotatable bonds is 3. The van der Waals surface area contributed by atoms with Gasteiger partial charge >= 0.3 is 5.97 Å². The molecule has 0 saturated heterocycles. The van der Waals surface area contributed by atoms with Crippen molar-refractivity contribution in [1.82, 2.24) is 0 Å². The molecule has 3 nitrogen and oxygen atoms in total. The zero-order valence-electron chi connectivity index (χ0n) is 8.96. The maximum atomic E-state index is 11.1. The third-order valence-electron chi connectivity index (χ3n) is 2.54. The Labute approximate surface area is 98.3 Å². The fourth-order valence-electron chi connectivity index (χ4n) is 1.75. The van der Waals surface area contributed by atoms with Gasteiger partial charge in [-0.2, -0.15) is 0 Å². The molecule has 0 amide bonds. The van der Waals surface area contributed by atoms with Crippen molar-refractivity contribution in [3.63, 3.8) is 0 Å². The monoisotopic (exact) mass is 226 g/mol. The molecule has 17 heavy (non-hydrogen) atoms. The second-order valence-electron chi connectivity index (χ2n) is 3.56. The maximum Gasteiger partial charge on any atom is 0.336 e. The molecule has 0 aliphatic heterocycles. The summed E-state index contributed by atoms with van der Waals surface area (Å²) in [6, 6.07) is 13.6. The van der Waals surface area contributed by atoms with Crippen molar-refractivity contribution in [3.05, 3.63) is 59.7 Å². The van der Waals surface area contributed by atoms with Crippen molar-refractivity contribution in [1.29, 1.82) is 0 Å². The van der Waals surface area contributed by atoms with Crippen LogP contribution in [0.1, 0.15) is 20.7 Å². The van der Waals surface area contributed by atoms with Crippen molar-refractivity contribution in [3.8, 4) is 11.1 Å². The van der Waals surface area contributed by atoms with E-state index in [0.717, 1.165) is 6.29 Å². The summed E-state index contributed by atoms with van der Waals surface area (Å²) in [6.45, 7) is 0. The molecule has 0 aliphatic rings. The van der Waals surface area contributed by atoms with Gasteiger partial charge in [0, 0.05) is 5.56 Å². The van der Waals surface area contributed by atoms with Crippen molar-refractivity contribution in [2.45, 2.75) is 0 Å². The lowest BCUT2D eigenvalue weighted by Crippen LogP contribution is -2.00. The molecule has 0 radical (unpaired) electrons. The van der Waals surface area contributed by atoms with Crippen LogP contribution in [0, 0.1) is 0 Å². The van der Waals surface area contributed by atoms with Crippen LogP contribution in [-0.2, 0) is 0 Å². The molecule has 0 saturated carbocycles. The predicted molar refractivity (Wildman–Crippen MR) is 64.2 cm³/mol. The van der Waals surface area contributed by atoms with Gasteiger partial charge in [0.15, 0.2) is 6.29 Å². The van der Waals surface area contributed by atoms with Gasteiger partial charge in [0.1, 0.15) is 0 Å². The number of hydrogen-bond donors (Lipinski definition) is 1. The fraction of sp³-hybridized carbons (Fsp3) is 0. The zero-order valence-corrected chi connectivity index (χ0v) is 8.96. The zero-order chi connectivity index (χ0) is 12.3. The second-order valence-corrected chi connectivity index (χ2v) is 3.56. The van der Waals surface area contributed by atoms with E-state index in [1.807, 2.05) is 0 Å². The van der Waals surface area contributed by atoms with E-state index in [4.69, 9.17) is 5.11 Å². The standard InChI is InChI=1S/C14H10O3/c15-9-10-5-1-2-6-11(10)12-7-3-4-8-13(12)14(16)17/h1-9H,(H,16,17). The van der Waals surface area contributed by atoms with Crippen LogP contribution in [0.15, 0.2) is 48.5 Å². The first-order chi connectivity index (χ1) is 8.24. The van der Waals surface area contributed by atoms with Gasteiger partial charge in [-0.3, -0.25) is 4.79 Å². The van der Waals surface area contributed by atoms with Crippen molar-refractivity contribution in [2.75, 3.05) is 0 Å². The Bertz CT molecular complexity index is 573. The van der Waals surface area contributed by atoms with E-state index in [9.17, 15) is 9.59 Å². The molecule has 0 unspecified atom stereocenters. The summed E-state index contributed by atoms with van der Waals surface area (Å²) >= 11 is 0. The van der Waals surface area contributed by atoms with Crippen LogP contribution in [0.2, 0.25) is 0 Å². The van der Waals surface area contributed by atoms with E-state index >= 15 is 0 Å². The molecule has 3 heteroatoms. The molecule has 1 N–H and O–H groups in total. The smallest absolute Gasteiger partial charge is 0.336 e. The molecule has 0 fully saturated rings. The van der Waals surface area contributed by atoms with Crippen LogP contribution in [0.3, 0.4) is 0 Å². The molecule has 0 aromatic heterocycles. The minimum atomic E-state index is -0.999. The summed E-state index contributed by atoms with van der Waals surface area (Å²) in [7, 11) is 0. The first-order valence-electron chi connectivity index (χ1n) is 5.11. The van der Waals surface area contributed by atoms with Crippen LogP contribution in [-0.4, -0.2) is 17.4 Å². The van der Waals surface area contributed by atoms with Crippen molar-refractivity contribution >= 4 is 12.3 Å². The topological polar surface area (TPSA) is 54.4 Å². The van der Waals surface area contributed by atoms with E-state index in [1.54, 1.807) is 42.5 Å². The molecule has 84 valence electrons. The maximum absolute atomic E-state index is 11.1. The van der Waals surface area contributed by atoms with Gasteiger partial charge in [0.2, 0.25) is 0 Å². The number of hydrogen-bond acceptors (Lipinski definition) is 2. The van der Waals surface area contributed by atoms with Crippen LogP contribution in [0.25, 0.3) is 11.1 Å². The Balaban J connectivity index is 2.68. The van der Waals surface area contributed by atoms with Gasteiger partial charge in [-0.05, 0) is 17.2 Å². The van der Waals surface area contributed by atoms with E-state index in [0.29, 0.717) is 16.7 Å². The third kappa shape index (κ3) is 2.08. The van der Waals surface area contributed by atoms with Crippen LogP contribution < -0.4 is 0 Å². The Morgan fingerprint density at radius 3 is 2.18 bits per heavy atom. The quantitative estimate of drug-likeness (QED) is 0.819. The average Bonchev–Trinajstić information content (AvgIpc) is 2.38. The van der Waals surface area contributed by atoms with E-state index in [2.05, 4.69) is 0 Å². The molecule has 2 rings (SSSR count). The molecule has 0 heterocycles. The Hall–Kier alpha value is -2.42. The Kier molecular flexibility index (Phi) is 3.01. The normalized spacial score (nSPS) is 9.88. The number of benzene rings is 2. The third-order valence-corrected chi connectivity index (χ3v) is 2.54. The second kappa shape index (κ2) is 4.61. The van der Waals surface area contributed by atoms with Gasteiger partial charge in [0.25, 0.3) is 0 Å². The van der Waals surface area contributed by atoms with E-state index in [-0.39, 0.29) is 5.56 Å². The highest BCUT2D eigenvalue weighted by Crippen LogP contribution is 2.26. The van der Waals surface area contributed by atoms with Gasteiger partial charge in [0.05, 0.1) is 5.56 Å². The summed E-state index contributed by atoms with van der Waals surface area (Å²) in [5.74, 6) is -0.999. The first kappa shape index (κ1) is 11.1. The SMILES string of the molecule is O=Cc1ccccc1-c1ccccc1C(=O)O. The summed E-state index contributed by atoms with van der Waals surface area (Å²) in [6.07, 6.45) is 0.730. The number of carboxylic acid groups (broad SMARTS) is 1.